The first-order valence-electron chi connectivity index (χ1n) is 12.3. The van der Waals surface area contributed by atoms with Crippen LogP contribution in [0.5, 0.6) is 0 Å². The number of allylic oxidation sites excluding steroid dienone is 1. The molecule has 2 aliphatic rings. The van der Waals surface area contributed by atoms with Crippen molar-refractivity contribution < 1.29 is 39.1 Å². The molecule has 36 heavy (non-hydrogen) atoms. The fourth-order valence-corrected chi connectivity index (χ4v) is 4.21. The Labute approximate surface area is 212 Å². The summed E-state index contributed by atoms with van der Waals surface area (Å²) in [5, 5.41) is 41.0. The number of hydrogen-bond acceptors (Lipinski definition) is 10. The lowest BCUT2D eigenvalue weighted by atomic mass is 9.75. The van der Waals surface area contributed by atoms with Gasteiger partial charge in [-0.25, -0.2) is 4.68 Å². The molecule has 11 nitrogen and oxygen atoms in total. The Morgan fingerprint density at radius 1 is 1.19 bits per heavy atom. The van der Waals surface area contributed by atoms with E-state index in [1.165, 1.54) is 10.8 Å². The van der Waals surface area contributed by atoms with E-state index < -0.39 is 59.7 Å². The van der Waals surface area contributed by atoms with Gasteiger partial charge in [0.15, 0.2) is 18.4 Å². The summed E-state index contributed by atoms with van der Waals surface area (Å²) < 4.78 is 25.6. The number of ketones is 1. The maximum atomic E-state index is 11.5. The number of ether oxygens (including phenoxy) is 4. The van der Waals surface area contributed by atoms with E-state index in [4.69, 9.17) is 18.9 Å². The van der Waals surface area contributed by atoms with Crippen molar-refractivity contribution in [1.82, 2.24) is 15.0 Å². The molecule has 1 aromatic heterocycles. The van der Waals surface area contributed by atoms with Crippen LogP contribution in [-0.4, -0.2) is 90.4 Å². The van der Waals surface area contributed by atoms with Gasteiger partial charge in [-0.3, -0.25) is 4.79 Å². The third kappa shape index (κ3) is 6.21. The van der Waals surface area contributed by atoms with Gasteiger partial charge < -0.3 is 34.3 Å². The van der Waals surface area contributed by atoms with Crippen LogP contribution in [0.3, 0.4) is 0 Å². The Morgan fingerprint density at radius 3 is 2.42 bits per heavy atom. The average molecular weight is 512 g/mol. The van der Waals surface area contributed by atoms with Crippen LogP contribution >= 0.6 is 0 Å². The molecule has 3 rings (SSSR count). The van der Waals surface area contributed by atoms with Gasteiger partial charge >= 0.3 is 0 Å². The highest BCUT2D eigenvalue weighted by Crippen LogP contribution is 2.47. The first-order chi connectivity index (χ1) is 16.6. The highest BCUT2D eigenvalue weighted by Gasteiger charge is 2.58. The number of aromatic nitrogens is 3. The van der Waals surface area contributed by atoms with E-state index in [2.05, 4.69) is 16.9 Å². The van der Waals surface area contributed by atoms with Crippen LogP contribution < -0.4 is 0 Å². The zero-order chi connectivity index (χ0) is 27.1. The molecule has 11 heteroatoms. The Morgan fingerprint density at radius 2 is 1.86 bits per heavy atom. The Balaban J connectivity index is 1.82. The van der Waals surface area contributed by atoms with Crippen LogP contribution in [0.15, 0.2) is 18.9 Å². The van der Waals surface area contributed by atoms with Gasteiger partial charge in [0.25, 0.3) is 0 Å². The molecule has 7 unspecified atom stereocenters. The number of aliphatic hydroxyl groups excluding tert-OH is 3. The molecule has 0 spiro atoms. The monoisotopic (exact) mass is 511 g/mol. The van der Waals surface area contributed by atoms with E-state index in [1.807, 2.05) is 48.5 Å². The van der Waals surface area contributed by atoms with E-state index >= 15 is 0 Å². The molecule has 2 saturated heterocycles. The van der Waals surface area contributed by atoms with E-state index in [9.17, 15) is 20.1 Å². The van der Waals surface area contributed by atoms with E-state index in [-0.39, 0.29) is 18.7 Å². The molecule has 3 heterocycles. The maximum absolute atomic E-state index is 11.5. The first kappa shape index (κ1) is 28.8. The molecule has 3 N–H and O–H groups in total. The summed E-state index contributed by atoms with van der Waals surface area (Å²) >= 11 is 0. The topological polar surface area (TPSA) is 145 Å². The van der Waals surface area contributed by atoms with Gasteiger partial charge in [-0.15, -0.1) is 5.10 Å². The summed E-state index contributed by atoms with van der Waals surface area (Å²) in [6, 6.07) is 0. The lowest BCUT2D eigenvalue weighted by Crippen LogP contribution is -2.62. The minimum Gasteiger partial charge on any atom is -0.387 e. The highest BCUT2D eigenvalue weighted by atomic mass is 16.7. The van der Waals surface area contributed by atoms with Gasteiger partial charge in [-0.1, -0.05) is 25.6 Å². The molecule has 2 fully saturated rings. The minimum absolute atomic E-state index is 0.0890. The molecule has 0 radical (unpaired) electrons. The van der Waals surface area contributed by atoms with Crippen LogP contribution in [0.1, 0.15) is 60.6 Å². The largest absolute Gasteiger partial charge is 0.387 e. The van der Waals surface area contributed by atoms with Gasteiger partial charge in [-0.2, -0.15) is 0 Å². The van der Waals surface area contributed by atoms with Gasteiger partial charge in [-0.05, 0) is 40.7 Å². The SMILES string of the molecule is C=CC(=O)CCc1cn(CC2OC(OC(C)(C)C)C(O)C(O)C2OC2OC(C)(C)C(C)(C)C2O)nn1. The molecule has 7 atom stereocenters. The van der Waals surface area contributed by atoms with E-state index in [1.54, 1.807) is 6.20 Å². The number of rotatable bonds is 9. The van der Waals surface area contributed by atoms with Gasteiger partial charge in [0.05, 0.1) is 23.4 Å². The normalized spacial score (nSPS) is 34.0. The van der Waals surface area contributed by atoms with Crippen LogP contribution in [0.25, 0.3) is 0 Å². The fourth-order valence-electron chi connectivity index (χ4n) is 4.21. The van der Waals surface area contributed by atoms with Crippen molar-refractivity contribution in [2.75, 3.05) is 0 Å². The fraction of sp³-hybridized carbons (Fsp3) is 0.800. The van der Waals surface area contributed by atoms with Gasteiger partial charge in [0, 0.05) is 24.5 Å². The van der Waals surface area contributed by atoms with Crippen molar-refractivity contribution >= 4 is 5.78 Å². The molecule has 2 aliphatic heterocycles. The third-order valence-corrected chi connectivity index (χ3v) is 7.17. The third-order valence-electron chi connectivity index (χ3n) is 7.17. The Bertz CT molecular complexity index is 925. The minimum atomic E-state index is -1.40. The molecule has 0 aromatic carbocycles. The Kier molecular flexibility index (Phi) is 8.46. The van der Waals surface area contributed by atoms with Crippen LogP contribution in [0, 0.1) is 5.41 Å². The lowest BCUT2D eigenvalue weighted by Gasteiger charge is -2.44. The summed E-state index contributed by atoms with van der Waals surface area (Å²) in [6.45, 7) is 16.5. The lowest BCUT2D eigenvalue weighted by molar-refractivity contribution is -0.343. The molecule has 0 bridgehead atoms. The van der Waals surface area contributed by atoms with E-state index in [0.29, 0.717) is 12.1 Å². The van der Waals surface area contributed by atoms with E-state index in [0.717, 1.165) is 0 Å². The number of aryl methyl sites for hydroxylation is 1. The average Bonchev–Trinajstić information content (AvgIpc) is 3.28. The summed E-state index contributed by atoms with van der Waals surface area (Å²) in [7, 11) is 0. The Hall–Kier alpha value is -1.73. The summed E-state index contributed by atoms with van der Waals surface area (Å²) in [4.78, 5) is 11.5. The number of hydrogen-bond donors (Lipinski definition) is 3. The molecular weight excluding hydrogens is 470 g/mol. The summed E-state index contributed by atoms with van der Waals surface area (Å²) in [6.07, 6.45) is -4.24. The number of aliphatic hydroxyl groups is 3. The zero-order valence-corrected chi connectivity index (χ0v) is 22.2. The predicted molar refractivity (Wildman–Crippen MR) is 129 cm³/mol. The van der Waals surface area contributed by atoms with Crippen LogP contribution in [0.4, 0.5) is 0 Å². The molecule has 204 valence electrons. The predicted octanol–water partition coefficient (Wildman–Crippen LogP) is 1.13. The summed E-state index contributed by atoms with van der Waals surface area (Å²) in [5.74, 6) is -0.0890. The summed E-state index contributed by atoms with van der Waals surface area (Å²) in [5.41, 5.74) is -1.37. The zero-order valence-electron chi connectivity index (χ0n) is 22.2. The van der Waals surface area contributed by atoms with Gasteiger partial charge in [0.1, 0.15) is 30.5 Å². The molecule has 0 amide bonds. The number of nitrogens with zero attached hydrogens (tertiary/aromatic N) is 3. The highest BCUT2D eigenvalue weighted by molar-refractivity contribution is 5.89. The number of carbonyl (C=O) groups is 1. The van der Waals surface area contributed by atoms with Gasteiger partial charge in [0.2, 0.25) is 0 Å². The smallest absolute Gasteiger partial charge is 0.187 e. The quantitative estimate of drug-likeness (QED) is 0.413. The second-order valence-corrected chi connectivity index (χ2v) is 11.6. The molecular formula is C25H41N3O8. The molecule has 1 aromatic rings. The standard InChI is InChI=1S/C25H41N3O8/c1-9-15(29)11-10-14-12-28(27-26-14)13-16-19(17(30)18(31)21(33-16)35-23(2,3)4)34-22-20(32)24(5,6)25(7,8)36-22/h9,12,16-22,30-32H,1,10-11,13H2,2-8H3. The van der Waals surface area contributed by atoms with Crippen LogP contribution in [0.2, 0.25) is 0 Å². The first-order valence-corrected chi connectivity index (χ1v) is 12.3. The molecule has 0 aliphatic carbocycles. The van der Waals surface area contributed by atoms with Crippen molar-refractivity contribution in [2.45, 2.75) is 122 Å². The van der Waals surface area contributed by atoms with Crippen molar-refractivity contribution in [2.24, 2.45) is 5.41 Å². The van der Waals surface area contributed by atoms with Crippen molar-refractivity contribution in [3.05, 3.63) is 24.5 Å². The van der Waals surface area contributed by atoms with Crippen molar-refractivity contribution in [3.63, 3.8) is 0 Å². The van der Waals surface area contributed by atoms with Crippen LogP contribution in [-0.2, 0) is 36.7 Å². The van der Waals surface area contributed by atoms with Crippen molar-refractivity contribution in [3.8, 4) is 0 Å². The van der Waals surface area contributed by atoms with Crippen molar-refractivity contribution in [1.29, 1.82) is 0 Å². The molecule has 0 saturated carbocycles. The number of carbonyl (C=O) groups excluding carboxylic acids is 1. The second kappa shape index (κ2) is 10.6. The maximum Gasteiger partial charge on any atom is 0.187 e. The second-order valence-electron chi connectivity index (χ2n) is 11.6.